The summed E-state index contributed by atoms with van der Waals surface area (Å²) in [7, 11) is 6.21. The Morgan fingerprint density at radius 1 is 0.739 bits per heavy atom. The minimum atomic E-state index is -0.0193. The second-order valence-corrected chi connectivity index (χ2v) is 4.72. The van der Waals surface area contributed by atoms with E-state index in [2.05, 4.69) is 0 Å². The van der Waals surface area contributed by atoms with Crippen LogP contribution in [-0.4, -0.2) is 33.5 Å². The van der Waals surface area contributed by atoms with Crippen LogP contribution in [0.5, 0.6) is 28.7 Å². The molecule has 0 saturated heterocycles. The molecular formula is C18H20O5. The van der Waals surface area contributed by atoms with Gasteiger partial charge in [-0.2, -0.15) is 0 Å². The molecule has 0 aliphatic carbocycles. The number of phenolic OH excluding ortho intramolecular Hbond substituents is 1. The lowest BCUT2D eigenvalue weighted by Gasteiger charge is -2.10. The van der Waals surface area contributed by atoms with Gasteiger partial charge in [0.25, 0.3) is 0 Å². The standard InChI is InChI=1S/C18H20O5/c1-20-14-8-7-13(15(11-14)21-2)6-5-12-9-16(22-3)18(19)17(10-12)23-4/h5-11,19H,1-4H3/b6-5+. The minimum absolute atomic E-state index is 0.0193. The number of aromatic hydroxyl groups is 1. The summed E-state index contributed by atoms with van der Waals surface area (Å²) in [4.78, 5) is 0. The van der Waals surface area contributed by atoms with Gasteiger partial charge in [0, 0.05) is 11.6 Å². The Morgan fingerprint density at radius 2 is 1.35 bits per heavy atom. The maximum absolute atomic E-state index is 9.93. The van der Waals surface area contributed by atoms with E-state index < -0.39 is 0 Å². The fourth-order valence-electron chi connectivity index (χ4n) is 2.15. The average molecular weight is 316 g/mol. The Bertz CT molecular complexity index is 682. The topological polar surface area (TPSA) is 57.2 Å². The zero-order valence-electron chi connectivity index (χ0n) is 13.6. The van der Waals surface area contributed by atoms with E-state index >= 15 is 0 Å². The van der Waals surface area contributed by atoms with Gasteiger partial charge < -0.3 is 24.1 Å². The van der Waals surface area contributed by atoms with Crippen molar-refractivity contribution in [2.75, 3.05) is 28.4 Å². The first kappa shape index (κ1) is 16.5. The minimum Gasteiger partial charge on any atom is -0.502 e. The van der Waals surface area contributed by atoms with Crippen LogP contribution in [0, 0.1) is 0 Å². The second-order valence-electron chi connectivity index (χ2n) is 4.72. The van der Waals surface area contributed by atoms with E-state index in [1.54, 1.807) is 26.4 Å². The highest BCUT2D eigenvalue weighted by Crippen LogP contribution is 2.37. The maximum atomic E-state index is 9.93. The third-order valence-corrected chi connectivity index (χ3v) is 3.40. The molecule has 0 atom stereocenters. The molecule has 5 heteroatoms. The van der Waals surface area contributed by atoms with E-state index in [-0.39, 0.29) is 5.75 Å². The third kappa shape index (κ3) is 3.69. The van der Waals surface area contributed by atoms with Crippen LogP contribution in [0.15, 0.2) is 30.3 Å². The fourth-order valence-corrected chi connectivity index (χ4v) is 2.15. The van der Waals surface area contributed by atoms with Gasteiger partial charge >= 0.3 is 0 Å². The quantitative estimate of drug-likeness (QED) is 0.825. The lowest BCUT2D eigenvalue weighted by atomic mass is 10.1. The van der Waals surface area contributed by atoms with Crippen LogP contribution >= 0.6 is 0 Å². The molecule has 2 aromatic rings. The molecular weight excluding hydrogens is 296 g/mol. The zero-order valence-corrected chi connectivity index (χ0v) is 13.6. The highest BCUT2D eigenvalue weighted by Gasteiger charge is 2.10. The molecule has 0 amide bonds. The number of benzene rings is 2. The van der Waals surface area contributed by atoms with Gasteiger partial charge in [0.15, 0.2) is 11.5 Å². The Hall–Kier alpha value is -2.82. The van der Waals surface area contributed by atoms with E-state index in [1.807, 2.05) is 30.4 Å². The van der Waals surface area contributed by atoms with Crippen LogP contribution < -0.4 is 18.9 Å². The Balaban J connectivity index is 2.37. The molecule has 0 radical (unpaired) electrons. The first-order valence-electron chi connectivity index (χ1n) is 6.98. The molecule has 5 nitrogen and oxygen atoms in total. The Kier molecular flexibility index (Phi) is 5.36. The first-order valence-corrected chi connectivity index (χ1v) is 6.98. The maximum Gasteiger partial charge on any atom is 0.200 e. The average Bonchev–Trinajstić information content (AvgIpc) is 2.60. The molecule has 0 heterocycles. The van der Waals surface area contributed by atoms with Gasteiger partial charge in [-0.1, -0.05) is 12.2 Å². The van der Waals surface area contributed by atoms with E-state index in [9.17, 15) is 5.11 Å². The van der Waals surface area contributed by atoms with Crippen molar-refractivity contribution in [1.29, 1.82) is 0 Å². The van der Waals surface area contributed by atoms with Crippen molar-refractivity contribution in [3.8, 4) is 28.7 Å². The van der Waals surface area contributed by atoms with Crippen molar-refractivity contribution in [2.24, 2.45) is 0 Å². The molecule has 2 aromatic carbocycles. The largest absolute Gasteiger partial charge is 0.502 e. The predicted octanol–water partition coefficient (Wildman–Crippen LogP) is 3.60. The van der Waals surface area contributed by atoms with Gasteiger partial charge in [0.2, 0.25) is 5.75 Å². The smallest absolute Gasteiger partial charge is 0.200 e. The van der Waals surface area contributed by atoms with Crippen molar-refractivity contribution in [3.63, 3.8) is 0 Å². The summed E-state index contributed by atoms with van der Waals surface area (Å²) < 4.78 is 20.8. The van der Waals surface area contributed by atoms with Crippen molar-refractivity contribution in [1.82, 2.24) is 0 Å². The van der Waals surface area contributed by atoms with Crippen LogP contribution in [0.2, 0.25) is 0 Å². The second kappa shape index (κ2) is 7.45. The van der Waals surface area contributed by atoms with Crippen LogP contribution in [0.25, 0.3) is 12.2 Å². The molecule has 122 valence electrons. The molecule has 1 N–H and O–H groups in total. The van der Waals surface area contributed by atoms with Crippen LogP contribution in [0.1, 0.15) is 11.1 Å². The summed E-state index contributed by atoms with van der Waals surface area (Å²) in [5, 5.41) is 9.93. The summed E-state index contributed by atoms with van der Waals surface area (Å²) in [6.45, 7) is 0. The van der Waals surface area contributed by atoms with Crippen molar-refractivity contribution >= 4 is 12.2 Å². The molecule has 0 bridgehead atoms. The third-order valence-electron chi connectivity index (χ3n) is 3.40. The number of hydrogen-bond donors (Lipinski definition) is 1. The lowest BCUT2D eigenvalue weighted by molar-refractivity contribution is 0.340. The fraction of sp³-hybridized carbons (Fsp3) is 0.222. The number of hydrogen-bond acceptors (Lipinski definition) is 5. The van der Waals surface area contributed by atoms with E-state index in [1.165, 1.54) is 14.2 Å². The molecule has 23 heavy (non-hydrogen) atoms. The van der Waals surface area contributed by atoms with E-state index in [0.717, 1.165) is 16.9 Å². The summed E-state index contributed by atoms with van der Waals surface area (Å²) >= 11 is 0. The summed E-state index contributed by atoms with van der Waals surface area (Å²) in [5.74, 6) is 2.12. The van der Waals surface area contributed by atoms with Gasteiger partial charge in [-0.3, -0.25) is 0 Å². The van der Waals surface area contributed by atoms with Gasteiger partial charge in [0.05, 0.1) is 28.4 Å². The number of rotatable bonds is 6. The molecule has 0 aromatic heterocycles. The number of ether oxygens (including phenoxy) is 4. The van der Waals surface area contributed by atoms with E-state index in [4.69, 9.17) is 18.9 Å². The molecule has 0 spiro atoms. The summed E-state index contributed by atoms with van der Waals surface area (Å²) in [6, 6.07) is 9.04. The normalized spacial score (nSPS) is 10.6. The van der Waals surface area contributed by atoms with Crippen molar-refractivity contribution < 1.29 is 24.1 Å². The van der Waals surface area contributed by atoms with Crippen LogP contribution in [0.4, 0.5) is 0 Å². The first-order chi connectivity index (χ1) is 11.1. The van der Waals surface area contributed by atoms with Crippen LogP contribution in [0.3, 0.4) is 0 Å². The predicted molar refractivity (Wildman–Crippen MR) is 89.7 cm³/mol. The number of phenols is 1. The highest BCUT2D eigenvalue weighted by atomic mass is 16.5. The van der Waals surface area contributed by atoms with Crippen LogP contribution in [-0.2, 0) is 0 Å². The Morgan fingerprint density at radius 3 is 1.87 bits per heavy atom. The van der Waals surface area contributed by atoms with Gasteiger partial charge in [-0.05, 0) is 29.8 Å². The van der Waals surface area contributed by atoms with E-state index in [0.29, 0.717) is 17.2 Å². The van der Waals surface area contributed by atoms with Gasteiger partial charge in [-0.15, -0.1) is 0 Å². The molecule has 0 fully saturated rings. The summed E-state index contributed by atoms with van der Waals surface area (Å²) in [5.41, 5.74) is 1.73. The lowest BCUT2D eigenvalue weighted by Crippen LogP contribution is -1.91. The summed E-state index contributed by atoms with van der Waals surface area (Å²) in [6.07, 6.45) is 3.79. The Labute approximate surface area is 135 Å². The monoisotopic (exact) mass is 316 g/mol. The zero-order chi connectivity index (χ0) is 16.8. The molecule has 0 aliphatic rings. The van der Waals surface area contributed by atoms with Crippen molar-refractivity contribution in [2.45, 2.75) is 0 Å². The number of methoxy groups -OCH3 is 4. The van der Waals surface area contributed by atoms with Gasteiger partial charge in [0.1, 0.15) is 11.5 Å². The molecule has 0 saturated carbocycles. The molecule has 2 rings (SSSR count). The highest BCUT2D eigenvalue weighted by molar-refractivity contribution is 5.75. The molecule has 0 aliphatic heterocycles. The SMILES string of the molecule is COc1ccc(/C=C/c2cc(OC)c(O)c(OC)c2)c(OC)c1. The van der Waals surface area contributed by atoms with Crippen molar-refractivity contribution in [3.05, 3.63) is 41.5 Å². The van der Waals surface area contributed by atoms with Gasteiger partial charge in [-0.25, -0.2) is 0 Å². The molecule has 0 unspecified atom stereocenters.